The van der Waals surface area contributed by atoms with Gasteiger partial charge in [-0.05, 0) is 41.0 Å². The minimum absolute atomic E-state index is 0.0791. The molecule has 0 bridgehead atoms. The van der Waals surface area contributed by atoms with E-state index in [1.54, 1.807) is 24.3 Å². The zero-order valence-corrected chi connectivity index (χ0v) is 18.2. The van der Waals surface area contributed by atoms with Crippen LogP contribution in [0.25, 0.3) is 11.1 Å². The smallest absolute Gasteiger partial charge is 0.347 e. The Hall–Kier alpha value is -2.28. The van der Waals surface area contributed by atoms with Gasteiger partial charge in [0.25, 0.3) is 0 Å². The van der Waals surface area contributed by atoms with Crippen LogP contribution in [0.2, 0.25) is 0 Å². The summed E-state index contributed by atoms with van der Waals surface area (Å²) in [5, 5.41) is 11.0. The van der Waals surface area contributed by atoms with Gasteiger partial charge in [-0.3, -0.25) is 4.79 Å². The van der Waals surface area contributed by atoms with Crippen LogP contribution in [0.1, 0.15) is 33.2 Å². The molecule has 3 aromatic rings. The summed E-state index contributed by atoms with van der Waals surface area (Å²) in [5.74, 6) is -1.54. The predicted molar refractivity (Wildman–Crippen MR) is 115 cm³/mol. The van der Waals surface area contributed by atoms with Crippen LogP contribution >= 0.6 is 31.9 Å². The molecule has 144 valence electrons. The quantitative estimate of drug-likeness (QED) is 0.387. The topological polar surface area (TPSA) is 63.6 Å². The molecule has 1 atom stereocenters. The van der Waals surface area contributed by atoms with E-state index >= 15 is 0 Å². The van der Waals surface area contributed by atoms with Gasteiger partial charge in [0.2, 0.25) is 11.4 Å². The number of carbonyl (C=O) groups excluding carboxylic acids is 2. The van der Waals surface area contributed by atoms with Gasteiger partial charge in [-0.15, -0.1) is 0 Å². The van der Waals surface area contributed by atoms with Gasteiger partial charge in [0.1, 0.15) is 0 Å². The second-order valence-electron chi connectivity index (χ2n) is 7.27. The molecule has 0 heterocycles. The van der Waals surface area contributed by atoms with Gasteiger partial charge in [-0.1, -0.05) is 68.3 Å². The molecule has 0 unspecified atom stereocenters. The Bertz CT molecular complexity index is 1150. The molecule has 5 rings (SSSR count). The summed E-state index contributed by atoms with van der Waals surface area (Å²) >= 11 is 6.94. The number of fused-ring (bicyclic) bond motifs is 4. The Morgan fingerprint density at radius 1 is 0.931 bits per heavy atom. The minimum Gasteiger partial charge on any atom is -0.450 e. The molecule has 0 saturated heterocycles. The van der Waals surface area contributed by atoms with Crippen molar-refractivity contribution < 1.29 is 19.4 Å². The van der Waals surface area contributed by atoms with Crippen molar-refractivity contribution in [1.29, 1.82) is 0 Å². The van der Waals surface area contributed by atoms with Crippen LogP contribution in [0, 0.1) is 0 Å². The zero-order chi connectivity index (χ0) is 20.3. The summed E-state index contributed by atoms with van der Waals surface area (Å²) in [6.45, 7) is 0. The van der Waals surface area contributed by atoms with Crippen LogP contribution in [0.15, 0.2) is 69.6 Å². The summed E-state index contributed by atoms with van der Waals surface area (Å²) in [6.07, 6.45) is -0.785. The number of esters is 1. The molecular weight excluding hydrogens is 500 g/mol. The van der Waals surface area contributed by atoms with Crippen LogP contribution in [-0.2, 0) is 16.0 Å². The number of halogens is 2. The molecular formula is C23H14Br2O4. The van der Waals surface area contributed by atoms with Crippen molar-refractivity contribution in [3.05, 3.63) is 91.9 Å². The molecule has 0 saturated carbocycles. The first-order valence-corrected chi connectivity index (χ1v) is 10.6. The fourth-order valence-electron chi connectivity index (χ4n) is 4.13. The number of benzene rings is 3. The Morgan fingerprint density at radius 2 is 1.52 bits per heavy atom. The van der Waals surface area contributed by atoms with Gasteiger partial charge in [0, 0.05) is 32.1 Å². The fourth-order valence-corrected chi connectivity index (χ4v) is 4.89. The van der Waals surface area contributed by atoms with Crippen molar-refractivity contribution in [3.8, 4) is 11.1 Å². The lowest BCUT2D eigenvalue weighted by Gasteiger charge is -2.23. The van der Waals surface area contributed by atoms with Crippen molar-refractivity contribution in [2.24, 2.45) is 0 Å². The molecule has 0 aliphatic heterocycles. The van der Waals surface area contributed by atoms with E-state index in [0.717, 1.165) is 31.2 Å². The molecule has 2 aliphatic rings. The normalized spacial score (nSPS) is 19.6. The summed E-state index contributed by atoms with van der Waals surface area (Å²) < 4.78 is 7.52. The number of ketones is 1. The first-order chi connectivity index (χ1) is 13.9. The second kappa shape index (κ2) is 6.62. The highest BCUT2D eigenvalue weighted by Gasteiger charge is 2.52. The maximum atomic E-state index is 13.1. The highest BCUT2D eigenvalue weighted by atomic mass is 79.9. The molecule has 0 spiro atoms. The molecule has 29 heavy (non-hydrogen) atoms. The van der Waals surface area contributed by atoms with Gasteiger partial charge in [0.15, 0.2) is 6.10 Å². The van der Waals surface area contributed by atoms with Crippen molar-refractivity contribution in [2.45, 2.75) is 18.1 Å². The summed E-state index contributed by atoms with van der Waals surface area (Å²) in [6, 6.07) is 18.4. The van der Waals surface area contributed by atoms with Crippen molar-refractivity contribution in [1.82, 2.24) is 0 Å². The Kier molecular flexibility index (Phi) is 4.28. The third-order valence-electron chi connectivity index (χ3n) is 5.53. The average molecular weight is 514 g/mol. The molecule has 3 aromatic carbocycles. The lowest BCUT2D eigenvalue weighted by molar-refractivity contribution is -0.163. The van der Waals surface area contributed by atoms with Crippen molar-refractivity contribution >= 4 is 43.6 Å². The largest absolute Gasteiger partial charge is 0.450 e. The van der Waals surface area contributed by atoms with E-state index in [1.807, 2.05) is 36.4 Å². The molecule has 2 aliphatic carbocycles. The van der Waals surface area contributed by atoms with Gasteiger partial charge < -0.3 is 9.84 Å². The summed E-state index contributed by atoms with van der Waals surface area (Å²) in [5.41, 5.74) is 2.35. The average Bonchev–Trinajstić information content (AvgIpc) is 3.14. The van der Waals surface area contributed by atoms with Gasteiger partial charge >= 0.3 is 5.97 Å². The third-order valence-corrected chi connectivity index (χ3v) is 6.52. The van der Waals surface area contributed by atoms with Gasteiger partial charge in [-0.2, -0.15) is 0 Å². The predicted octanol–water partition coefficient (Wildman–Crippen LogP) is 4.99. The number of Topliss-reactive ketones (excluding diaryl/α,β-unsaturated/α-hetero) is 1. The van der Waals surface area contributed by atoms with Crippen LogP contribution < -0.4 is 0 Å². The van der Waals surface area contributed by atoms with Gasteiger partial charge in [0.05, 0.1) is 0 Å². The fraction of sp³-hybridized carbons (Fsp3) is 0.130. The van der Waals surface area contributed by atoms with Crippen LogP contribution in [-0.4, -0.2) is 22.5 Å². The Morgan fingerprint density at radius 3 is 2.10 bits per heavy atom. The number of rotatable bonds is 2. The standard InChI is InChI=1S/C23H14Br2O4/c24-13-5-7-16-17-8-6-14(25)10-19(17)20(18(16)9-13)29-22(27)23(28)11-12-3-1-2-4-15(12)21(23)26/h1-10,20,28H,11H2/t23-/m0/s1. The maximum absolute atomic E-state index is 13.1. The highest BCUT2D eigenvalue weighted by molar-refractivity contribution is 9.10. The second-order valence-corrected chi connectivity index (χ2v) is 9.10. The lowest BCUT2D eigenvalue weighted by atomic mass is 9.99. The molecule has 6 heteroatoms. The molecule has 4 nitrogen and oxygen atoms in total. The first-order valence-electron chi connectivity index (χ1n) is 9.04. The number of aliphatic hydroxyl groups is 1. The van der Waals surface area contributed by atoms with E-state index in [2.05, 4.69) is 31.9 Å². The first kappa shape index (κ1) is 18.7. The SMILES string of the molecule is O=C(OC1c2cc(Br)ccc2-c2ccc(Br)cc21)[C@]1(O)Cc2ccccc2C1=O. The third kappa shape index (κ3) is 2.81. The molecule has 0 radical (unpaired) electrons. The van der Waals surface area contributed by atoms with Crippen LogP contribution in [0.4, 0.5) is 0 Å². The lowest BCUT2D eigenvalue weighted by Crippen LogP contribution is -2.46. The Labute approximate surface area is 183 Å². The van der Waals surface area contributed by atoms with Gasteiger partial charge in [-0.25, -0.2) is 4.79 Å². The monoisotopic (exact) mass is 512 g/mol. The minimum atomic E-state index is -2.20. The molecule has 0 fully saturated rings. The van der Waals surface area contributed by atoms with E-state index in [0.29, 0.717) is 11.1 Å². The number of hydrogen-bond acceptors (Lipinski definition) is 4. The summed E-state index contributed by atoms with van der Waals surface area (Å²) in [4.78, 5) is 25.8. The van der Waals surface area contributed by atoms with Crippen LogP contribution in [0.3, 0.4) is 0 Å². The highest BCUT2D eigenvalue weighted by Crippen LogP contribution is 2.48. The van der Waals surface area contributed by atoms with Crippen molar-refractivity contribution in [3.63, 3.8) is 0 Å². The Balaban J connectivity index is 1.54. The van der Waals surface area contributed by atoms with E-state index in [4.69, 9.17) is 4.74 Å². The molecule has 0 aromatic heterocycles. The van der Waals surface area contributed by atoms with E-state index in [-0.39, 0.29) is 6.42 Å². The molecule has 1 N–H and O–H groups in total. The zero-order valence-electron chi connectivity index (χ0n) is 15.0. The van der Waals surface area contributed by atoms with E-state index < -0.39 is 23.5 Å². The number of carbonyl (C=O) groups is 2. The maximum Gasteiger partial charge on any atom is 0.347 e. The van der Waals surface area contributed by atoms with Crippen LogP contribution in [0.5, 0.6) is 0 Å². The van der Waals surface area contributed by atoms with E-state index in [9.17, 15) is 14.7 Å². The van der Waals surface area contributed by atoms with E-state index in [1.165, 1.54) is 0 Å². The summed E-state index contributed by atoms with van der Waals surface area (Å²) in [7, 11) is 0. The molecule has 0 amide bonds. The van der Waals surface area contributed by atoms with Crippen molar-refractivity contribution in [2.75, 3.05) is 0 Å². The number of ether oxygens (including phenoxy) is 1. The number of hydrogen-bond donors (Lipinski definition) is 1.